The predicted octanol–water partition coefficient (Wildman–Crippen LogP) is 2.70. The van der Waals surface area contributed by atoms with Crippen LogP contribution in [-0.2, 0) is 9.53 Å². The Morgan fingerprint density at radius 3 is 2.94 bits per heavy atom. The summed E-state index contributed by atoms with van der Waals surface area (Å²) in [5.41, 5.74) is 2.70. The van der Waals surface area contributed by atoms with E-state index in [2.05, 4.69) is 13.8 Å². The summed E-state index contributed by atoms with van der Waals surface area (Å²) >= 11 is 0. The number of ether oxygens (including phenoxy) is 1. The van der Waals surface area contributed by atoms with Gasteiger partial charge in [-0.15, -0.1) is 0 Å². The maximum absolute atomic E-state index is 11.7. The molecule has 0 saturated heterocycles. The molecular formula is C15H20O3. The topological polar surface area (TPSA) is 46.5 Å². The fourth-order valence-electron chi connectivity index (χ4n) is 3.69. The summed E-state index contributed by atoms with van der Waals surface area (Å²) in [7, 11) is 0. The van der Waals surface area contributed by atoms with E-state index in [4.69, 9.17) is 4.74 Å². The van der Waals surface area contributed by atoms with E-state index >= 15 is 0 Å². The summed E-state index contributed by atoms with van der Waals surface area (Å²) in [5, 5.41) is 10.5. The summed E-state index contributed by atoms with van der Waals surface area (Å²) in [5.74, 6) is -1.25. The fourth-order valence-corrected chi connectivity index (χ4v) is 3.69. The van der Waals surface area contributed by atoms with Crippen molar-refractivity contribution in [2.24, 2.45) is 11.3 Å². The first kappa shape index (κ1) is 12.0. The zero-order valence-electron chi connectivity index (χ0n) is 11.2. The molecule has 2 aliphatic carbocycles. The molecule has 1 heterocycles. The lowest BCUT2D eigenvalue weighted by atomic mass is 9.58. The Kier molecular flexibility index (Phi) is 2.31. The molecule has 1 saturated carbocycles. The van der Waals surface area contributed by atoms with Crippen molar-refractivity contribution in [2.75, 3.05) is 0 Å². The number of aliphatic hydroxyl groups is 1. The van der Waals surface area contributed by atoms with E-state index in [-0.39, 0.29) is 11.4 Å². The number of esters is 1. The number of hydrogen-bond donors (Lipinski definition) is 1. The molecule has 0 spiro atoms. The molecule has 3 nitrogen and oxygen atoms in total. The Morgan fingerprint density at radius 1 is 1.50 bits per heavy atom. The van der Waals surface area contributed by atoms with E-state index in [0.717, 1.165) is 24.8 Å². The molecule has 0 bridgehead atoms. The number of rotatable bonds is 0. The van der Waals surface area contributed by atoms with Crippen LogP contribution in [0, 0.1) is 11.3 Å². The lowest BCUT2D eigenvalue weighted by Crippen LogP contribution is -2.42. The first-order valence-electron chi connectivity index (χ1n) is 6.75. The first-order chi connectivity index (χ1) is 8.37. The molecule has 3 aliphatic rings. The summed E-state index contributed by atoms with van der Waals surface area (Å²) in [6.45, 7) is 6.28. The molecular weight excluding hydrogens is 228 g/mol. The van der Waals surface area contributed by atoms with Gasteiger partial charge in [0.25, 0.3) is 5.79 Å². The maximum Gasteiger partial charge on any atom is 0.336 e. The Labute approximate surface area is 108 Å². The molecule has 0 aromatic carbocycles. The predicted molar refractivity (Wildman–Crippen MR) is 67.6 cm³/mol. The highest BCUT2D eigenvalue weighted by Gasteiger charge is 2.52. The van der Waals surface area contributed by atoms with Crippen LogP contribution in [0.1, 0.15) is 46.5 Å². The van der Waals surface area contributed by atoms with Gasteiger partial charge in [0.2, 0.25) is 0 Å². The molecule has 1 N–H and O–H groups in total. The smallest absolute Gasteiger partial charge is 0.336 e. The van der Waals surface area contributed by atoms with Gasteiger partial charge in [0.1, 0.15) is 0 Å². The van der Waals surface area contributed by atoms with Crippen LogP contribution in [0.25, 0.3) is 0 Å². The van der Waals surface area contributed by atoms with Crippen LogP contribution < -0.4 is 0 Å². The van der Waals surface area contributed by atoms with Gasteiger partial charge in [-0.1, -0.05) is 19.4 Å². The number of allylic oxidation sites excluding steroid dienone is 1. The van der Waals surface area contributed by atoms with Crippen LogP contribution in [0.5, 0.6) is 0 Å². The van der Waals surface area contributed by atoms with Crippen LogP contribution >= 0.6 is 0 Å². The Hall–Kier alpha value is -1.09. The summed E-state index contributed by atoms with van der Waals surface area (Å²) in [6.07, 6.45) is 5.93. The van der Waals surface area contributed by atoms with E-state index < -0.39 is 5.79 Å². The highest BCUT2D eigenvalue weighted by atomic mass is 16.7. The minimum absolute atomic E-state index is 0.0784. The first-order valence-corrected chi connectivity index (χ1v) is 6.75. The number of carbonyl (C=O) groups is 1. The van der Waals surface area contributed by atoms with Crippen molar-refractivity contribution >= 4 is 5.97 Å². The van der Waals surface area contributed by atoms with Gasteiger partial charge in [0.15, 0.2) is 0 Å². The van der Waals surface area contributed by atoms with Gasteiger partial charge < -0.3 is 9.84 Å². The number of carbonyl (C=O) groups excluding carboxylic acids is 1. The Balaban J connectivity index is 2.14. The van der Waals surface area contributed by atoms with E-state index in [1.54, 1.807) is 13.0 Å². The average molecular weight is 248 g/mol. The van der Waals surface area contributed by atoms with Crippen molar-refractivity contribution in [3.05, 3.63) is 22.8 Å². The minimum atomic E-state index is -1.45. The van der Waals surface area contributed by atoms with Crippen LogP contribution in [0.2, 0.25) is 0 Å². The van der Waals surface area contributed by atoms with Crippen molar-refractivity contribution in [1.29, 1.82) is 0 Å². The third-order valence-corrected chi connectivity index (χ3v) is 5.26. The van der Waals surface area contributed by atoms with Gasteiger partial charge in [-0.05, 0) is 50.0 Å². The Morgan fingerprint density at radius 2 is 2.22 bits per heavy atom. The highest BCUT2D eigenvalue weighted by Crippen LogP contribution is 2.56. The SMILES string of the molecule is CC1=C2C[C@@]3(C)C(=C[C@]2(O)OC1=O)CCC[C@@H]3C. The third-order valence-electron chi connectivity index (χ3n) is 5.26. The number of hydrogen-bond acceptors (Lipinski definition) is 3. The van der Waals surface area contributed by atoms with Gasteiger partial charge in [0.05, 0.1) is 0 Å². The molecule has 0 radical (unpaired) electrons. The largest absolute Gasteiger partial charge is 0.422 e. The lowest BCUT2D eigenvalue weighted by molar-refractivity contribution is -0.169. The van der Waals surface area contributed by atoms with E-state index in [0.29, 0.717) is 11.5 Å². The standard InChI is InChI=1S/C15H20O3/c1-9-5-4-6-11-7-15(17)12(8-14(9,11)3)10(2)13(16)18-15/h7,9,17H,4-6,8H2,1-3H3/t9-,14+,15-/m0/s1. The molecule has 0 aromatic rings. The van der Waals surface area contributed by atoms with Crippen LogP contribution in [0.4, 0.5) is 0 Å². The summed E-state index contributed by atoms with van der Waals surface area (Å²) in [4.78, 5) is 11.7. The van der Waals surface area contributed by atoms with E-state index in [9.17, 15) is 9.90 Å². The second kappa shape index (κ2) is 3.47. The van der Waals surface area contributed by atoms with Crippen LogP contribution in [-0.4, -0.2) is 16.9 Å². The number of fused-ring (bicyclic) bond motifs is 2. The highest BCUT2D eigenvalue weighted by molar-refractivity contribution is 5.92. The maximum atomic E-state index is 11.7. The normalized spacial score (nSPS) is 43.2. The van der Waals surface area contributed by atoms with Gasteiger partial charge in [-0.25, -0.2) is 4.79 Å². The molecule has 3 rings (SSSR count). The molecule has 0 aromatic heterocycles. The van der Waals surface area contributed by atoms with Crippen molar-refractivity contribution in [3.8, 4) is 0 Å². The minimum Gasteiger partial charge on any atom is -0.422 e. The monoisotopic (exact) mass is 248 g/mol. The second-order valence-corrected chi connectivity index (χ2v) is 6.25. The fraction of sp³-hybridized carbons (Fsp3) is 0.667. The van der Waals surface area contributed by atoms with E-state index in [1.807, 2.05) is 0 Å². The molecule has 98 valence electrons. The summed E-state index contributed by atoms with van der Waals surface area (Å²) in [6, 6.07) is 0. The second-order valence-electron chi connectivity index (χ2n) is 6.25. The molecule has 3 heteroatoms. The van der Waals surface area contributed by atoms with Crippen molar-refractivity contribution in [2.45, 2.75) is 52.2 Å². The molecule has 1 fully saturated rings. The zero-order chi connectivity index (χ0) is 13.1. The van der Waals surface area contributed by atoms with Crippen LogP contribution in [0.15, 0.2) is 22.8 Å². The van der Waals surface area contributed by atoms with Crippen molar-refractivity contribution in [1.82, 2.24) is 0 Å². The summed E-state index contributed by atoms with van der Waals surface area (Å²) < 4.78 is 5.16. The van der Waals surface area contributed by atoms with Crippen LogP contribution in [0.3, 0.4) is 0 Å². The lowest BCUT2D eigenvalue weighted by Gasteiger charge is -2.47. The van der Waals surface area contributed by atoms with Crippen molar-refractivity contribution in [3.63, 3.8) is 0 Å². The van der Waals surface area contributed by atoms with Gasteiger partial charge in [-0.2, -0.15) is 0 Å². The third kappa shape index (κ3) is 1.37. The average Bonchev–Trinajstić information content (AvgIpc) is 2.50. The zero-order valence-corrected chi connectivity index (χ0v) is 11.2. The molecule has 18 heavy (non-hydrogen) atoms. The Bertz CT molecular complexity index is 488. The van der Waals surface area contributed by atoms with Gasteiger partial charge >= 0.3 is 5.97 Å². The quantitative estimate of drug-likeness (QED) is 0.529. The van der Waals surface area contributed by atoms with Gasteiger partial charge in [0, 0.05) is 11.1 Å². The molecule has 1 aliphatic heterocycles. The van der Waals surface area contributed by atoms with Gasteiger partial charge in [-0.3, -0.25) is 0 Å². The molecule has 0 unspecified atom stereocenters. The molecule has 0 amide bonds. The van der Waals surface area contributed by atoms with E-state index in [1.165, 1.54) is 12.0 Å². The van der Waals surface area contributed by atoms with Crippen molar-refractivity contribution < 1.29 is 14.6 Å². The molecule has 3 atom stereocenters.